The summed E-state index contributed by atoms with van der Waals surface area (Å²) in [6.45, 7) is 7.03. The quantitative estimate of drug-likeness (QED) is 0.650. The Morgan fingerprint density at radius 3 is 2.71 bits per heavy atom. The summed E-state index contributed by atoms with van der Waals surface area (Å²) in [6.07, 6.45) is 2.51. The van der Waals surface area contributed by atoms with Gasteiger partial charge in [-0.25, -0.2) is 0 Å². The molecule has 0 aliphatic rings. The van der Waals surface area contributed by atoms with Gasteiger partial charge in [0.1, 0.15) is 0 Å². The molecule has 0 spiro atoms. The number of fused-ring (bicyclic) bond motifs is 1. The van der Waals surface area contributed by atoms with E-state index in [-0.39, 0.29) is 22.6 Å². The van der Waals surface area contributed by atoms with Crippen LogP contribution in [0.2, 0.25) is 0 Å². The van der Waals surface area contributed by atoms with E-state index in [1.807, 2.05) is 19.1 Å². The number of rotatable bonds is 6. The van der Waals surface area contributed by atoms with Crippen LogP contribution in [0, 0.1) is 10.1 Å². The molecule has 0 aliphatic carbocycles. The summed E-state index contributed by atoms with van der Waals surface area (Å²) in [5.74, 6) is 0.106. The van der Waals surface area contributed by atoms with Gasteiger partial charge in [-0.3, -0.25) is 15.1 Å². The number of nitrogens with zero attached hydrogens (tertiary/aromatic N) is 2. The fourth-order valence-electron chi connectivity index (χ4n) is 2.96. The van der Waals surface area contributed by atoms with Crippen molar-refractivity contribution in [2.75, 3.05) is 6.54 Å². The SMILES string of the molecule is CCNC(C)C(CC)c1ccc2ncccc2c1[N+](=O)[O-]. The van der Waals surface area contributed by atoms with Crippen molar-refractivity contribution < 1.29 is 4.92 Å². The van der Waals surface area contributed by atoms with Crippen LogP contribution in [0.25, 0.3) is 10.9 Å². The molecule has 2 unspecified atom stereocenters. The molecule has 0 amide bonds. The number of nitrogens with one attached hydrogen (secondary N) is 1. The second kappa shape index (κ2) is 6.63. The van der Waals surface area contributed by atoms with Gasteiger partial charge in [-0.1, -0.05) is 13.8 Å². The molecular weight excluding hydrogens is 266 g/mol. The molecule has 0 bridgehead atoms. The molecule has 0 saturated carbocycles. The highest BCUT2D eigenvalue weighted by atomic mass is 16.6. The minimum absolute atomic E-state index is 0.106. The minimum atomic E-state index is -0.277. The summed E-state index contributed by atoms with van der Waals surface area (Å²) in [7, 11) is 0. The molecule has 0 aliphatic heterocycles. The van der Waals surface area contributed by atoms with Crippen LogP contribution in [0.5, 0.6) is 0 Å². The molecule has 0 fully saturated rings. The highest BCUT2D eigenvalue weighted by molar-refractivity contribution is 5.89. The summed E-state index contributed by atoms with van der Waals surface area (Å²) in [6, 6.07) is 7.43. The molecule has 5 nitrogen and oxygen atoms in total. The number of nitro groups is 1. The van der Waals surface area contributed by atoms with Gasteiger partial charge < -0.3 is 5.32 Å². The van der Waals surface area contributed by atoms with E-state index in [2.05, 4.69) is 24.1 Å². The van der Waals surface area contributed by atoms with Crippen LogP contribution in [-0.4, -0.2) is 22.5 Å². The topological polar surface area (TPSA) is 68.1 Å². The lowest BCUT2D eigenvalue weighted by atomic mass is 9.87. The first kappa shape index (κ1) is 15.4. The van der Waals surface area contributed by atoms with Crippen molar-refractivity contribution in [3.8, 4) is 0 Å². The van der Waals surface area contributed by atoms with E-state index in [0.717, 1.165) is 18.5 Å². The maximum atomic E-state index is 11.6. The van der Waals surface area contributed by atoms with Gasteiger partial charge in [0.2, 0.25) is 0 Å². The van der Waals surface area contributed by atoms with Crippen LogP contribution in [0.3, 0.4) is 0 Å². The zero-order valence-electron chi connectivity index (χ0n) is 12.7. The first-order valence-corrected chi connectivity index (χ1v) is 7.35. The van der Waals surface area contributed by atoms with E-state index in [1.165, 1.54) is 0 Å². The van der Waals surface area contributed by atoms with Gasteiger partial charge in [0, 0.05) is 23.7 Å². The highest BCUT2D eigenvalue weighted by Crippen LogP contribution is 2.36. The Morgan fingerprint density at radius 2 is 2.10 bits per heavy atom. The number of hydrogen-bond donors (Lipinski definition) is 1. The van der Waals surface area contributed by atoms with Crippen LogP contribution >= 0.6 is 0 Å². The van der Waals surface area contributed by atoms with Crippen molar-refractivity contribution in [3.05, 3.63) is 46.1 Å². The van der Waals surface area contributed by atoms with Crippen molar-refractivity contribution in [1.82, 2.24) is 10.3 Å². The number of hydrogen-bond acceptors (Lipinski definition) is 4. The number of pyridine rings is 1. The van der Waals surface area contributed by atoms with Crippen molar-refractivity contribution >= 4 is 16.6 Å². The Balaban J connectivity index is 2.61. The molecule has 1 aromatic heterocycles. The molecule has 1 aromatic carbocycles. The molecular formula is C16H21N3O2. The number of nitro benzene ring substituents is 1. The Hall–Kier alpha value is -2.01. The second-order valence-corrected chi connectivity index (χ2v) is 5.19. The van der Waals surface area contributed by atoms with Gasteiger partial charge in [0.15, 0.2) is 0 Å². The third-order valence-electron chi connectivity index (χ3n) is 3.94. The summed E-state index contributed by atoms with van der Waals surface area (Å²) in [5, 5.41) is 15.6. The Morgan fingerprint density at radius 1 is 1.33 bits per heavy atom. The molecule has 21 heavy (non-hydrogen) atoms. The summed E-state index contributed by atoms with van der Waals surface area (Å²) in [5.41, 5.74) is 1.65. The number of aromatic nitrogens is 1. The van der Waals surface area contributed by atoms with E-state index in [4.69, 9.17) is 0 Å². The minimum Gasteiger partial charge on any atom is -0.314 e. The van der Waals surface area contributed by atoms with Crippen LogP contribution in [0.15, 0.2) is 30.5 Å². The largest absolute Gasteiger partial charge is 0.314 e. The fraction of sp³-hybridized carbons (Fsp3) is 0.438. The van der Waals surface area contributed by atoms with E-state index in [9.17, 15) is 10.1 Å². The zero-order valence-corrected chi connectivity index (χ0v) is 12.7. The van der Waals surface area contributed by atoms with Gasteiger partial charge >= 0.3 is 0 Å². The molecule has 5 heteroatoms. The lowest BCUT2D eigenvalue weighted by Crippen LogP contribution is -2.32. The molecule has 2 rings (SSSR count). The van der Waals surface area contributed by atoms with Crippen molar-refractivity contribution in [3.63, 3.8) is 0 Å². The summed E-state index contributed by atoms with van der Waals surface area (Å²) < 4.78 is 0. The molecule has 1 heterocycles. The van der Waals surface area contributed by atoms with Crippen LogP contribution < -0.4 is 5.32 Å². The average molecular weight is 287 g/mol. The van der Waals surface area contributed by atoms with Crippen molar-refractivity contribution in [2.24, 2.45) is 0 Å². The first-order valence-electron chi connectivity index (χ1n) is 7.35. The molecule has 2 atom stereocenters. The maximum Gasteiger partial charge on any atom is 0.282 e. The summed E-state index contributed by atoms with van der Waals surface area (Å²) in [4.78, 5) is 15.5. The van der Waals surface area contributed by atoms with Gasteiger partial charge in [-0.05, 0) is 44.2 Å². The maximum absolute atomic E-state index is 11.6. The number of benzene rings is 1. The third-order valence-corrected chi connectivity index (χ3v) is 3.94. The van der Waals surface area contributed by atoms with Crippen molar-refractivity contribution in [2.45, 2.75) is 39.2 Å². The van der Waals surface area contributed by atoms with E-state index < -0.39 is 0 Å². The first-order chi connectivity index (χ1) is 10.1. The average Bonchev–Trinajstić information content (AvgIpc) is 2.47. The van der Waals surface area contributed by atoms with Crippen LogP contribution in [-0.2, 0) is 0 Å². The van der Waals surface area contributed by atoms with Gasteiger partial charge in [0.25, 0.3) is 5.69 Å². The lowest BCUT2D eigenvalue weighted by molar-refractivity contribution is -0.384. The van der Waals surface area contributed by atoms with E-state index in [0.29, 0.717) is 10.9 Å². The Labute approximate surface area is 124 Å². The Bertz CT molecular complexity index is 642. The molecule has 112 valence electrons. The van der Waals surface area contributed by atoms with Crippen LogP contribution in [0.4, 0.5) is 5.69 Å². The highest BCUT2D eigenvalue weighted by Gasteiger charge is 2.27. The second-order valence-electron chi connectivity index (χ2n) is 5.19. The van der Waals surface area contributed by atoms with E-state index >= 15 is 0 Å². The predicted molar refractivity (Wildman–Crippen MR) is 84.6 cm³/mol. The summed E-state index contributed by atoms with van der Waals surface area (Å²) >= 11 is 0. The predicted octanol–water partition coefficient (Wildman–Crippen LogP) is 3.63. The molecule has 0 saturated heterocycles. The monoisotopic (exact) mass is 287 g/mol. The smallest absolute Gasteiger partial charge is 0.282 e. The number of likely N-dealkylation sites (N-methyl/N-ethyl adjacent to an activating group) is 1. The standard InChI is InChI=1S/C16H21N3O2/c1-4-12(11(3)17-5-2)13-8-9-15-14(7-6-10-18-15)16(13)19(20)21/h6-12,17H,4-5H2,1-3H3. The molecule has 2 aromatic rings. The third kappa shape index (κ3) is 3.03. The normalized spacial score (nSPS) is 14.0. The van der Waals surface area contributed by atoms with Gasteiger partial charge in [-0.2, -0.15) is 0 Å². The lowest BCUT2D eigenvalue weighted by Gasteiger charge is -2.24. The van der Waals surface area contributed by atoms with Crippen molar-refractivity contribution in [1.29, 1.82) is 0 Å². The van der Waals surface area contributed by atoms with E-state index in [1.54, 1.807) is 18.3 Å². The molecule has 0 radical (unpaired) electrons. The van der Waals surface area contributed by atoms with Gasteiger partial charge in [0.05, 0.1) is 15.8 Å². The van der Waals surface area contributed by atoms with Crippen LogP contribution in [0.1, 0.15) is 38.7 Å². The fourth-order valence-corrected chi connectivity index (χ4v) is 2.96. The zero-order chi connectivity index (χ0) is 15.4. The Kier molecular flexibility index (Phi) is 4.85. The molecule has 1 N–H and O–H groups in total. The van der Waals surface area contributed by atoms with Gasteiger partial charge in [-0.15, -0.1) is 0 Å².